The van der Waals surface area contributed by atoms with Crippen LogP contribution in [-0.4, -0.2) is 28.8 Å². The average molecular weight is 418 g/mol. The number of hydrogen-bond donors (Lipinski definition) is 1. The second-order valence-electron chi connectivity index (χ2n) is 8.29. The summed E-state index contributed by atoms with van der Waals surface area (Å²) < 4.78 is 5.55. The van der Waals surface area contributed by atoms with Gasteiger partial charge in [0.2, 0.25) is 0 Å². The summed E-state index contributed by atoms with van der Waals surface area (Å²) in [5, 5.41) is 3.57. The Balaban J connectivity index is 1.46. The van der Waals surface area contributed by atoms with Crippen molar-refractivity contribution in [2.45, 2.75) is 51.9 Å². The van der Waals surface area contributed by atoms with Crippen molar-refractivity contribution in [1.82, 2.24) is 9.97 Å². The van der Waals surface area contributed by atoms with E-state index in [2.05, 4.69) is 39.2 Å². The Morgan fingerprint density at radius 2 is 2.19 bits per heavy atom. The van der Waals surface area contributed by atoms with Gasteiger partial charge in [0.15, 0.2) is 5.89 Å². The molecule has 3 aromatic rings. The largest absolute Gasteiger partial charge is 0.449 e. The van der Waals surface area contributed by atoms with Crippen molar-refractivity contribution in [2.75, 3.05) is 21.7 Å². The Morgan fingerprint density at radius 3 is 2.87 bits per heavy atom. The van der Waals surface area contributed by atoms with Gasteiger partial charge in [-0.15, -0.1) is 0 Å². The van der Waals surface area contributed by atoms with Gasteiger partial charge < -0.3 is 19.5 Å². The monoisotopic (exact) mass is 417 g/mol. The molecule has 0 saturated carbocycles. The average Bonchev–Trinajstić information content (AvgIpc) is 3.52. The summed E-state index contributed by atoms with van der Waals surface area (Å²) in [6.07, 6.45) is 7.65. The fourth-order valence-corrected chi connectivity index (χ4v) is 4.56. The summed E-state index contributed by atoms with van der Waals surface area (Å²) in [5.41, 5.74) is 4.57. The van der Waals surface area contributed by atoms with Crippen LogP contribution in [0.2, 0.25) is 0 Å². The number of oxazole rings is 1. The molecular weight excluding hydrogens is 390 g/mol. The van der Waals surface area contributed by atoms with Crippen LogP contribution in [0.25, 0.3) is 0 Å². The summed E-state index contributed by atoms with van der Waals surface area (Å²) in [6, 6.07) is 10.5. The number of aryl methyl sites for hydroxylation is 1. The van der Waals surface area contributed by atoms with Crippen LogP contribution in [0.5, 0.6) is 0 Å². The number of aldehydes is 1. The maximum absolute atomic E-state index is 11.3. The van der Waals surface area contributed by atoms with Crippen LogP contribution in [-0.2, 0) is 13.0 Å². The molecular formula is C24H27N5O2. The van der Waals surface area contributed by atoms with Crippen LogP contribution in [0.15, 0.2) is 47.2 Å². The number of nitrogens with one attached hydrogen (secondary N) is 1. The van der Waals surface area contributed by atoms with Crippen molar-refractivity contribution in [3.05, 3.63) is 65.5 Å². The molecule has 4 heterocycles. The van der Waals surface area contributed by atoms with Crippen molar-refractivity contribution in [3.8, 4) is 0 Å². The van der Waals surface area contributed by atoms with E-state index in [0.717, 1.165) is 53.6 Å². The zero-order valence-electron chi connectivity index (χ0n) is 17.9. The molecule has 2 aliphatic heterocycles. The Labute approximate surface area is 182 Å². The minimum absolute atomic E-state index is 0.101. The fraction of sp³-hybridized carbons (Fsp3) is 0.375. The first-order valence-electron chi connectivity index (χ1n) is 10.9. The van der Waals surface area contributed by atoms with E-state index in [1.165, 1.54) is 12.8 Å². The first-order valence-corrected chi connectivity index (χ1v) is 10.9. The van der Waals surface area contributed by atoms with E-state index in [-0.39, 0.29) is 6.17 Å². The third-order valence-electron chi connectivity index (χ3n) is 6.24. The van der Waals surface area contributed by atoms with Crippen molar-refractivity contribution < 1.29 is 9.21 Å². The molecule has 160 valence electrons. The number of hydrogen-bond acceptors (Lipinski definition) is 7. The van der Waals surface area contributed by atoms with Gasteiger partial charge in [0.25, 0.3) is 0 Å². The summed E-state index contributed by atoms with van der Waals surface area (Å²) in [7, 11) is 0. The molecule has 2 unspecified atom stereocenters. The predicted octanol–water partition coefficient (Wildman–Crippen LogP) is 4.56. The minimum Gasteiger partial charge on any atom is -0.449 e. The molecule has 0 aliphatic carbocycles. The molecule has 0 amide bonds. The molecule has 1 aromatic carbocycles. The van der Waals surface area contributed by atoms with Crippen LogP contribution >= 0.6 is 0 Å². The molecule has 1 fully saturated rings. The molecule has 2 atom stereocenters. The number of anilines is 3. The van der Waals surface area contributed by atoms with Crippen molar-refractivity contribution >= 4 is 23.5 Å². The van der Waals surface area contributed by atoms with E-state index in [1.54, 1.807) is 6.26 Å². The lowest BCUT2D eigenvalue weighted by Gasteiger charge is -2.27. The third-order valence-corrected chi connectivity index (χ3v) is 6.24. The van der Waals surface area contributed by atoms with Gasteiger partial charge in [-0.2, -0.15) is 0 Å². The SMILES string of the molecule is CCc1nc(CN2c3ccc(C=O)cc3NC2c2ccc(N3CCCC3C)nc2)co1. The van der Waals surface area contributed by atoms with Gasteiger partial charge in [0, 0.05) is 36.3 Å². The highest BCUT2D eigenvalue weighted by molar-refractivity contribution is 5.84. The molecule has 1 saturated heterocycles. The van der Waals surface area contributed by atoms with Gasteiger partial charge in [-0.1, -0.05) is 6.92 Å². The Kier molecular flexibility index (Phi) is 5.10. The number of rotatable bonds is 6. The summed E-state index contributed by atoms with van der Waals surface area (Å²) in [4.78, 5) is 25.3. The molecule has 0 spiro atoms. The lowest BCUT2D eigenvalue weighted by molar-refractivity contribution is 0.112. The molecule has 31 heavy (non-hydrogen) atoms. The molecule has 7 heteroatoms. The summed E-state index contributed by atoms with van der Waals surface area (Å²) in [5.74, 6) is 1.77. The van der Waals surface area contributed by atoms with E-state index in [0.29, 0.717) is 18.2 Å². The number of fused-ring (bicyclic) bond motifs is 1. The van der Waals surface area contributed by atoms with E-state index in [9.17, 15) is 4.79 Å². The lowest BCUT2D eigenvalue weighted by Crippen LogP contribution is -2.29. The molecule has 2 aliphatic rings. The zero-order chi connectivity index (χ0) is 21.4. The Hall–Kier alpha value is -3.35. The molecule has 1 N–H and O–H groups in total. The van der Waals surface area contributed by atoms with Crippen LogP contribution in [0.3, 0.4) is 0 Å². The quantitative estimate of drug-likeness (QED) is 0.589. The molecule has 0 bridgehead atoms. The van der Waals surface area contributed by atoms with Gasteiger partial charge in [-0.05, 0) is 50.1 Å². The van der Waals surface area contributed by atoms with E-state index < -0.39 is 0 Å². The van der Waals surface area contributed by atoms with Crippen LogP contribution < -0.4 is 15.1 Å². The van der Waals surface area contributed by atoms with Crippen LogP contribution in [0.4, 0.5) is 17.2 Å². The third kappa shape index (κ3) is 3.65. The van der Waals surface area contributed by atoms with Crippen molar-refractivity contribution in [3.63, 3.8) is 0 Å². The van der Waals surface area contributed by atoms with E-state index >= 15 is 0 Å². The maximum atomic E-state index is 11.3. The summed E-state index contributed by atoms with van der Waals surface area (Å²) in [6.45, 7) is 5.94. The molecule has 0 radical (unpaired) electrons. The highest BCUT2D eigenvalue weighted by atomic mass is 16.3. The van der Waals surface area contributed by atoms with Gasteiger partial charge in [-0.3, -0.25) is 4.79 Å². The number of aromatic nitrogens is 2. The standard InChI is InChI=1S/C24H27N5O2/c1-3-23-26-19(15-31-23)13-29-21-8-6-17(14-30)11-20(21)27-24(29)18-7-9-22(25-12-18)28-10-4-5-16(28)2/h6-9,11-12,14-16,24,27H,3-5,10,13H2,1-2H3. The maximum Gasteiger partial charge on any atom is 0.193 e. The van der Waals surface area contributed by atoms with Crippen molar-refractivity contribution in [1.29, 1.82) is 0 Å². The summed E-state index contributed by atoms with van der Waals surface area (Å²) >= 11 is 0. The predicted molar refractivity (Wildman–Crippen MR) is 121 cm³/mol. The first-order chi connectivity index (χ1) is 15.2. The zero-order valence-corrected chi connectivity index (χ0v) is 17.9. The topological polar surface area (TPSA) is 74.5 Å². The minimum atomic E-state index is -0.101. The molecule has 5 rings (SSSR count). The Bertz CT molecular complexity index is 1080. The first kappa shape index (κ1) is 19.6. The number of carbonyl (C=O) groups excluding carboxylic acids is 1. The Morgan fingerprint density at radius 1 is 1.29 bits per heavy atom. The second-order valence-corrected chi connectivity index (χ2v) is 8.29. The van der Waals surface area contributed by atoms with E-state index in [4.69, 9.17) is 9.40 Å². The number of carbonyl (C=O) groups is 1. The van der Waals surface area contributed by atoms with Gasteiger partial charge >= 0.3 is 0 Å². The molecule has 2 aromatic heterocycles. The number of benzene rings is 1. The second kappa shape index (κ2) is 8.06. The van der Waals surface area contributed by atoms with E-state index in [1.807, 2.05) is 31.3 Å². The highest BCUT2D eigenvalue weighted by Gasteiger charge is 2.31. The van der Waals surface area contributed by atoms with Crippen molar-refractivity contribution in [2.24, 2.45) is 0 Å². The fourth-order valence-electron chi connectivity index (χ4n) is 4.56. The van der Waals surface area contributed by atoms with Gasteiger partial charge in [0.05, 0.1) is 23.6 Å². The lowest BCUT2D eigenvalue weighted by atomic mass is 10.2. The number of nitrogens with zero attached hydrogens (tertiary/aromatic N) is 4. The van der Waals surface area contributed by atoms with Gasteiger partial charge in [0.1, 0.15) is 24.5 Å². The molecule has 7 nitrogen and oxygen atoms in total. The number of pyridine rings is 1. The van der Waals surface area contributed by atoms with Crippen LogP contribution in [0, 0.1) is 0 Å². The normalized spacial score (nSPS) is 20.1. The smallest absolute Gasteiger partial charge is 0.193 e. The highest BCUT2D eigenvalue weighted by Crippen LogP contribution is 2.42. The van der Waals surface area contributed by atoms with Gasteiger partial charge in [-0.25, -0.2) is 9.97 Å². The van der Waals surface area contributed by atoms with Crippen LogP contribution in [0.1, 0.15) is 60.4 Å².